The van der Waals surface area contributed by atoms with Crippen LogP contribution in [0.15, 0.2) is 23.8 Å². The van der Waals surface area contributed by atoms with Crippen LogP contribution in [0.3, 0.4) is 0 Å². The average Bonchev–Trinajstić information content (AvgIpc) is 2.17. The maximum absolute atomic E-state index is 2.52. The van der Waals surface area contributed by atoms with Crippen LogP contribution in [0.2, 0.25) is 0 Å². The summed E-state index contributed by atoms with van der Waals surface area (Å²) in [5.41, 5.74) is 1.72. The van der Waals surface area contributed by atoms with E-state index in [1.807, 2.05) is 0 Å². The summed E-state index contributed by atoms with van der Waals surface area (Å²) in [4.78, 5) is 0. The monoisotopic (exact) mass is 176 g/mol. The molecule has 2 aliphatic rings. The van der Waals surface area contributed by atoms with Gasteiger partial charge in [0.05, 0.1) is 0 Å². The lowest BCUT2D eigenvalue weighted by Crippen LogP contribution is -2.20. The van der Waals surface area contributed by atoms with E-state index < -0.39 is 0 Å². The molecular formula is C13H20. The predicted octanol–water partition coefficient (Wildman–Crippen LogP) is 3.95. The van der Waals surface area contributed by atoms with E-state index in [0.717, 1.165) is 17.8 Å². The van der Waals surface area contributed by atoms with Crippen molar-refractivity contribution < 1.29 is 0 Å². The Morgan fingerprint density at radius 1 is 1.23 bits per heavy atom. The van der Waals surface area contributed by atoms with Crippen molar-refractivity contribution in [2.75, 3.05) is 0 Å². The van der Waals surface area contributed by atoms with Crippen molar-refractivity contribution >= 4 is 0 Å². The molecule has 0 N–H and O–H groups in total. The Morgan fingerprint density at radius 3 is 2.85 bits per heavy atom. The summed E-state index contributed by atoms with van der Waals surface area (Å²) < 4.78 is 0. The van der Waals surface area contributed by atoms with Crippen LogP contribution in [0.1, 0.15) is 39.5 Å². The molecule has 13 heavy (non-hydrogen) atoms. The van der Waals surface area contributed by atoms with E-state index in [1.165, 1.54) is 25.7 Å². The standard InChI is InChI=1S/C13H20/c1-10(2)12-8-7-11-5-3-4-6-13(11)9-12/h3-4,7,10,12-13H,5-6,8-9H2,1-2H3. The second kappa shape index (κ2) is 3.69. The summed E-state index contributed by atoms with van der Waals surface area (Å²) in [5.74, 6) is 2.70. The Hall–Kier alpha value is -0.520. The van der Waals surface area contributed by atoms with Crippen molar-refractivity contribution in [1.29, 1.82) is 0 Å². The molecule has 0 nitrogen and oxygen atoms in total. The lowest BCUT2D eigenvalue weighted by Gasteiger charge is -2.33. The van der Waals surface area contributed by atoms with E-state index >= 15 is 0 Å². The normalized spacial score (nSPS) is 33.0. The average molecular weight is 176 g/mol. The molecule has 0 aliphatic heterocycles. The molecule has 2 rings (SSSR count). The van der Waals surface area contributed by atoms with Crippen molar-refractivity contribution in [3.63, 3.8) is 0 Å². The van der Waals surface area contributed by atoms with Gasteiger partial charge in [0.25, 0.3) is 0 Å². The number of allylic oxidation sites excluding steroid dienone is 4. The van der Waals surface area contributed by atoms with Crippen molar-refractivity contribution in [3.8, 4) is 0 Å². The fraction of sp³-hybridized carbons (Fsp3) is 0.692. The molecule has 2 unspecified atom stereocenters. The first kappa shape index (κ1) is 9.05. The Labute approximate surface area is 81.7 Å². The molecule has 0 heterocycles. The van der Waals surface area contributed by atoms with Gasteiger partial charge in [0.1, 0.15) is 0 Å². The van der Waals surface area contributed by atoms with Crippen molar-refractivity contribution in [1.82, 2.24) is 0 Å². The molecule has 0 aromatic carbocycles. The third-order valence-electron chi connectivity index (χ3n) is 3.68. The molecule has 0 saturated carbocycles. The third-order valence-corrected chi connectivity index (χ3v) is 3.68. The molecule has 0 heteroatoms. The van der Waals surface area contributed by atoms with Gasteiger partial charge in [-0.1, -0.05) is 37.6 Å². The predicted molar refractivity (Wildman–Crippen MR) is 57.5 cm³/mol. The van der Waals surface area contributed by atoms with E-state index in [-0.39, 0.29) is 0 Å². The van der Waals surface area contributed by atoms with Crippen LogP contribution in [-0.4, -0.2) is 0 Å². The lowest BCUT2D eigenvalue weighted by molar-refractivity contribution is 0.297. The first-order chi connectivity index (χ1) is 6.27. The van der Waals surface area contributed by atoms with Gasteiger partial charge >= 0.3 is 0 Å². The zero-order valence-corrected chi connectivity index (χ0v) is 8.79. The molecule has 2 aliphatic carbocycles. The lowest BCUT2D eigenvalue weighted by atomic mass is 9.73. The van der Waals surface area contributed by atoms with E-state index in [4.69, 9.17) is 0 Å². The summed E-state index contributed by atoms with van der Waals surface area (Å²) in [6, 6.07) is 0. The van der Waals surface area contributed by atoms with Gasteiger partial charge in [0.2, 0.25) is 0 Å². The van der Waals surface area contributed by atoms with Gasteiger partial charge in [-0.2, -0.15) is 0 Å². The molecule has 0 saturated heterocycles. The maximum Gasteiger partial charge on any atom is -0.0136 e. The summed E-state index contributed by atoms with van der Waals surface area (Å²) in [6.07, 6.45) is 12.5. The van der Waals surface area contributed by atoms with Crippen molar-refractivity contribution in [2.24, 2.45) is 17.8 Å². The molecule has 0 spiro atoms. The largest absolute Gasteiger partial charge is 0.0876 e. The molecule has 0 amide bonds. The zero-order valence-electron chi connectivity index (χ0n) is 8.79. The molecule has 0 bridgehead atoms. The highest BCUT2D eigenvalue weighted by Gasteiger charge is 2.25. The molecule has 2 atom stereocenters. The summed E-state index contributed by atoms with van der Waals surface area (Å²) in [7, 11) is 0. The molecule has 72 valence electrons. The van der Waals surface area contributed by atoms with Gasteiger partial charge in [-0.25, -0.2) is 0 Å². The third kappa shape index (κ3) is 1.87. The van der Waals surface area contributed by atoms with E-state index in [1.54, 1.807) is 5.57 Å². The Morgan fingerprint density at radius 2 is 2.08 bits per heavy atom. The summed E-state index contributed by atoms with van der Waals surface area (Å²) >= 11 is 0. The minimum absolute atomic E-state index is 0.865. The maximum atomic E-state index is 2.52. The molecule has 0 fully saturated rings. The van der Waals surface area contributed by atoms with E-state index in [0.29, 0.717) is 0 Å². The van der Waals surface area contributed by atoms with Gasteiger partial charge in [0.15, 0.2) is 0 Å². The van der Waals surface area contributed by atoms with Crippen LogP contribution in [0.4, 0.5) is 0 Å². The summed E-state index contributed by atoms with van der Waals surface area (Å²) in [6.45, 7) is 4.73. The quantitative estimate of drug-likeness (QED) is 0.531. The number of rotatable bonds is 1. The van der Waals surface area contributed by atoms with Gasteiger partial charge in [-0.15, -0.1) is 0 Å². The first-order valence-corrected chi connectivity index (χ1v) is 5.61. The van der Waals surface area contributed by atoms with Gasteiger partial charge < -0.3 is 0 Å². The highest BCUT2D eigenvalue weighted by Crippen LogP contribution is 2.38. The molecule has 0 aromatic heterocycles. The van der Waals surface area contributed by atoms with Crippen LogP contribution < -0.4 is 0 Å². The van der Waals surface area contributed by atoms with Gasteiger partial charge in [-0.3, -0.25) is 0 Å². The highest BCUT2D eigenvalue weighted by molar-refractivity contribution is 5.19. The second-order valence-corrected chi connectivity index (χ2v) is 4.86. The molecule has 0 aromatic rings. The number of hydrogen-bond acceptors (Lipinski definition) is 0. The van der Waals surface area contributed by atoms with Gasteiger partial charge in [-0.05, 0) is 43.4 Å². The van der Waals surface area contributed by atoms with Crippen molar-refractivity contribution in [2.45, 2.75) is 39.5 Å². The van der Waals surface area contributed by atoms with E-state index in [9.17, 15) is 0 Å². The molecule has 0 radical (unpaired) electrons. The van der Waals surface area contributed by atoms with Crippen molar-refractivity contribution in [3.05, 3.63) is 23.8 Å². The smallest absolute Gasteiger partial charge is 0.0136 e. The zero-order chi connectivity index (χ0) is 9.26. The Kier molecular flexibility index (Phi) is 2.57. The van der Waals surface area contributed by atoms with Crippen LogP contribution in [0.25, 0.3) is 0 Å². The minimum atomic E-state index is 0.865. The Balaban J connectivity index is 2.06. The highest BCUT2D eigenvalue weighted by atomic mass is 14.3. The van der Waals surface area contributed by atoms with Crippen LogP contribution >= 0.6 is 0 Å². The topological polar surface area (TPSA) is 0 Å². The Bertz CT molecular complexity index is 232. The fourth-order valence-electron chi connectivity index (χ4n) is 2.60. The van der Waals surface area contributed by atoms with Gasteiger partial charge in [0, 0.05) is 0 Å². The minimum Gasteiger partial charge on any atom is -0.0876 e. The SMILES string of the molecule is CC(C)C1CC=C2CC=CCC2C1. The first-order valence-electron chi connectivity index (χ1n) is 5.61. The van der Waals surface area contributed by atoms with Crippen LogP contribution in [-0.2, 0) is 0 Å². The molecular weight excluding hydrogens is 156 g/mol. The van der Waals surface area contributed by atoms with Crippen LogP contribution in [0, 0.1) is 17.8 Å². The fourth-order valence-corrected chi connectivity index (χ4v) is 2.60. The summed E-state index contributed by atoms with van der Waals surface area (Å²) in [5, 5.41) is 0. The number of fused-ring (bicyclic) bond motifs is 1. The van der Waals surface area contributed by atoms with Crippen LogP contribution in [0.5, 0.6) is 0 Å². The number of hydrogen-bond donors (Lipinski definition) is 0. The second-order valence-electron chi connectivity index (χ2n) is 4.86. The van der Waals surface area contributed by atoms with E-state index in [2.05, 4.69) is 32.1 Å².